The van der Waals surface area contributed by atoms with E-state index in [2.05, 4.69) is 10.6 Å². The number of aryl methyl sites for hydroxylation is 3. The van der Waals surface area contributed by atoms with Gasteiger partial charge in [-0.05, 0) is 45.2 Å². The minimum Gasteiger partial charge on any atom is -0.345 e. The fourth-order valence-electron chi connectivity index (χ4n) is 1.94. The Morgan fingerprint density at radius 1 is 1.11 bits per heavy atom. The van der Waals surface area contributed by atoms with Gasteiger partial charge >= 0.3 is 11.8 Å². The standard InChI is InChI=1S/C15H22N2O2/c1-6-12(5)16-14(18)15(19)17-13-10(3)7-9(2)8-11(13)4/h7-8,12H,6H2,1-5H3,(H,16,18)(H,17,19)/t12-/m0/s1. The largest absolute Gasteiger partial charge is 0.345 e. The molecule has 0 aliphatic heterocycles. The van der Waals surface area contributed by atoms with E-state index in [0.29, 0.717) is 0 Å². The molecule has 0 heterocycles. The number of nitrogens with one attached hydrogen (secondary N) is 2. The van der Waals surface area contributed by atoms with Crippen molar-refractivity contribution in [3.8, 4) is 0 Å². The molecule has 4 nitrogen and oxygen atoms in total. The van der Waals surface area contributed by atoms with E-state index in [0.717, 1.165) is 28.8 Å². The van der Waals surface area contributed by atoms with Gasteiger partial charge in [0.15, 0.2) is 0 Å². The maximum atomic E-state index is 11.8. The van der Waals surface area contributed by atoms with Crippen LogP contribution in [0.4, 0.5) is 5.69 Å². The summed E-state index contributed by atoms with van der Waals surface area (Å²) in [4.78, 5) is 23.5. The average Bonchev–Trinajstić information content (AvgIpc) is 2.32. The van der Waals surface area contributed by atoms with Crippen LogP contribution in [0.25, 0.3) is 0 Å². The van der Waals surface area contributed by atoms with Gasteiger partial charge in [0.2, 0.25) is 0 Å². The maximum absolute atomic E-state index is 11.8. The van der Waals surface area contributed by atoms with Gasteiger partial charge in [0, 0.05) is 11.7 Å². The predicted molar refractivity (Wildman–Crippen MR) is 77.2 cm³/mol. The lowest BCUT2D eigenvalue weighted by molar-refractivity contribution is -0.136. The number of hydrogen-bond donors (Lipinski definition) is 2. The molecule has 2 amide bonds. The van der Waals surface area contributed by atoms with E-state index in [-0.39, 0.29) is 6.04 Å². The quantitative estimate of drug-likeness (QED) is 0.822. The molecular weight excluding hydrogens is 240 g/mol. The zero-order valence-electron chi connectivity index (χ0n) is 12.3. The molecule has 0 unspecified atom stereocenters. The molecule has 104 valence electrons. The summed E-state index contributed by atoms with van der Waals surface area (Å²) in [6, 6.07) is 3.96. The number of anilines is 1. The Morgan fingerprint density at radius 2 is 1.63 bits per heavy atom. The second kappa shape index (κ2) is 6.36. The highest BCUT2D eigenvalue weighted by Gasteiger charge is 2.17. The van der Waals surface area contributed by atoms with Gasteiger partial charge in [0.1, 0.15) is 0 Å². The zero-order chi connectivity index (χ0) is 14.6. The molecular formula is C15H22N2O2. The van der Waals surface area contributed by atoms with Gasteiger partial charge in [-0.2, -0.15) is 0 Å². The van der Waals surface area contributed by atoms with E-state index < -0.39 is 11.8 Å². The second-order valence-corrected chi connectivity index (χ2v) is 5.01. The van der Waals surface area contributed by atoms with Crippen molar-refractivity contribution in [1.82, 2.24) is 5.32 Å². The molecule has 0 fully saturated rings. The number of amides is 2. The molecule has 0 saturated carbocycles. The predicted octanol–water partition coefficient (Wildman–Crippen LogP) is 2.47. The van der Waals surface area contributed by atoms with Crippen LogP contribution in [0.15, 0.2) is 12.1 Å². The van der Waals surface area contributed by atoms with Crippen molar-refractivity contribution >= 4 is 17.5 Å². The van der Waals surface area contributed by atoms with Crippen LogP contribution in [0.5, 0.6) is 0 Å². The van der Waals surface area contributed by atoms with Crippen molar-refractivity contribution < 1.29 is 9.59 Å². The molecule has 0 saturated heterocycles. The first kappa shape index (κ1) is 15.2. The van der Waals surface area contributed by atoms with Gasteiger partial charge in [-0.25, -0.2) is 0 Å². The van der Waals surface area contributed by atoms with Gasteiger partial charge in [0.05, 0.1) is 0 Å². The Balaban J connectivity index is 2.80. The first-order valence-electron chi connectivity index (χ1n) is 6.54. The Morgan fingerprint density at radius 3 is 2.11 bits per heavy atom. The van der Waals surface area contributed by atoms with Crippen molar-refractivity contribution in [2.75, 3.05) is 5.32 Å². The fraction of sp³-hybridized carbons (Fsp3) is 0.467. The second-order valence-electron chi connectivity index (χ2n) is 5.01. The smallest absolute Gasteiger partial charge is 0.313 e. The molecule has 1 aromatic rings. The summed E-state index contributed by atoms with van der Waals surface area (Å²) in [6.45, 7) is 9.66. The summed E-state index contributed by atoms with van der Waals surface area (Å²) in [5.41, 5.74) is 3.77. The van der Waals surface area contributed by atoms with Gasteiger partial charge < -0.3 is 10.6 Å². The molecule has 0 aliphatic rings. The maximum Gasteiger partial charge on any atom is 0.313 e. The Bertz CT molecular complexity index is 472. The van der Waals surface area contributed by atoms with Crippen molar-refractivity contribution in [2.24, 2.45) is 0 Å². The van der Waals surface area contributed by atoms with Crippen molar-refractivity contribution in [1.29, 1.82) is 0 Å². The van der Waals surface area contributed by atoms with E-state index in [4.69, 9.17) is 0 Å². The minimum absolute atomic E-state index is 0.00142. The minimum atomic E-state index is -0.615. The van der Waals surface area contributed by atoms with Gasteiger partial charge in [-0.15, -0.1) is 0 Å². The number of rotatable bonds is 3. The summed E-state index contributed by atoms with van der Waals surface area (Å²) in [5, 5.41) is 5.33. The topological polar surface area (TPSA) is 58.2 Å². The van der Waals surface area contributed by atoms with E-state index in [9.17, 15) is 9.59 Å². The highest BCUT2D eigenvalue weighted by molar-refractivity contribution is 6.39. The molecule has 0 aromatic heterocycles. The molecule has 0 aliphatic carbocycles. The van der Waals surface area contributed by atoms with Crippen LogP contribution >= 0.6 is 0 Å². The van der Waals surface area contributed by atoms with E-state index >= 15 is 0 Å². The third-order valence-electron chi connectivity index (χ3n) is 3.11. The lowest BCUT2D eigenvalue weighted by atomic mass is 10.1. The summed E-state index contributed by atoms with van der Waals surface area (Å²) in [5.74, 6) is -1.20. The summed E-state index contributed by atoms with van der Waals surface area (Å²) in [7, 11) is 0. The third kappa shape index (κ3) is 4.09. The molecule has 19 heavy (non-hydrogen) atoms. The monoisotopic (exact) mass is 262 g/mol. The first-order valence-corrected chi connectivity index (χ1v) is 6.54. The highest BCUT2D eigenvalue weighted by Crippen LogP contribution is 2.21. The molecule has 0 radical (unpaired) electrons. The molecule has 0 bridgehead atoms. The van der Waals surface area contributed by atoms with E-state index in [1.807, 2.05) is 46.8 Å². The number of carbonyl (C=O) groups excluding carboxylic acids is 2. The van der Waals surface area contributed by atoms with Crippen molar-refractivity contribution in [3.63, 3.8) is 0 Å². The fourth-order valence-corrected chi connectivity index (χ4v) is 1.94. The van der Waals surface area contributed by atoms with Crippen molar-refractivity contribution in [2.45, 2.75) is 47.1 Å². The average molecular weight is 262 g/mol. The van der Waals surface area contributed by atoms with E-state index in [1.54, 1.807) is 0 Å². The van der Waals surface area contributed by atoms with Crippen LogP contribution in [0, 0.1) is 20.8 Å². The van der Waals surface area contributed by atoms with Crippen LogP contribution in [0.1, 0.15) is 37.0 Å². The number of hydrogen-bond acceptors (Lipinski definition) is 2. The van der Waals surface area contributed by atoms with Crippen LogP contribution < -0.4 is 10.6 Å². The number of benzene rings is 1. The molecule has 2 N–H and O–H groups in total. The Kier molecular flexibility index (Phi) is 5.10. The van der Waals surface area contributed by atoms with Crippen LogP contribution in [-0.2, 0) is 9.59 Å². The number of carbonyl (C=O) groups is 2. The van der Waals surface area contributed by atoms with Crippen molar-refractivity contribution in [3.05, 3.63) is 28.8 Å². The van der Waals surface area contributed by atoms with E-state index in [1.165, 1.54) is 0 Å². The SMILES string of the molecule is CC[C@H](C)NC(=O)C(=O)Nc1c(C)cc(C)cc1C. The summed E-state index contributed by atoms with van der Waals surface area (Å²) >= 11 is 0. The zero-order valence-corrected chi connectivity index (χ0v) is 12.3. The summed E-state index contributed by atoms with van der Waals surface area (Å²) in [6.07, 6.45) is 0.793. The highest BCUT2D eigenvalue weighted by atomic mass is 16.2. The molecule has 1 rings (SSSR count). The van der Waals surface area contributed by atoms with Gasteiger partial charge in [-0.3, -0.25) is 9.59 Å². The molecule has 1 atom stereocenters. The van der Waals surface area contributed by atoms with Crippen LogP contribution in [-0.4, -0.2) is 17.9 Å². The lowest BCUT2D eigenvalue weighted by Crippen LogP contribution is -2.40. The molecule has 4 heteroatoms. The molecule has 1 aromatic carbocycles. The first-order chi connectivity index (χ1) is 8.85. The van der Waals surface area contributed by atoms with Gasteiger partial charge in [0.25, 0.3) is 0 Å². The molecule has 0 spiro atoms. The third-order valence-corrected chi connectivity index (χ3v) is 3.11. The normalized spacial score (nSPS) is 11.8. The van der Waals surface area contributed by atoms with Gasteiger partial charge in [-0.1, -0.05) is 24.6 Å². The Labute approximate surface area is 114 Å². The summed E-state index contributed by atoms with van der Waals surface area (Å²) < 4.78 is 0. The Hall–Kier alpha value is -1.84. The van der Waals surface area contributed by atoms with Crippen LogP contribution in [0.3, 0.4) is 0 Å². The lowest BCUT2D eigenvalue weighted by Gasteiger charge is -2.14. The van der Waals surface area contributed by atoms with Crippen LogP contribution in [0.2, 0.25) is 0 Å².